The molecule has 1 aromatic carbocycles. The smallest absolute Gasteiger partial charge is 0.325 e. The van der Waals surface area contributed by atoms with Gasteiger partial charge in [0.25, 0.3) is 0 Å². The summed E-state index contributed by atoms with van der Waals surface area (Å²) in [6, 6.07) is 6.92. The van der Waals surface area contributed by atoms with Gasteiger partial charge in [0.2, 0.25) is 0 Å². The molecule has 1 aliphatic heterocycles. The highest BCUT2D eigenvalue weighted by molar-refractivity contribution is 8.24. The number of nitrogens with zero attached hydrogens (tertiary/aromatic N) is 2. The number of aryl methyl sites for hydroxylation is 1. The topological polar surface area (TPSA) is 148 Å². The molecule has 1 saturated heterocycles. The average molecular weight is 523 g/mol. The van der Waals surface area contributed by atoms with Crippen LogP contribution in [0.5, 0.6) is 0 Å². The largest absolute Gasteiger partial charge is 0.481 e. The van der Waals surface area contributed by atoms with E-state index in [0.717, 1.165) is 11.3 Å². The van der Waals surface area contributed by atoms with E-state index in [1.165, 1.54) is 0 Å². The fourth-order valence-electron chi connectivity index (χ4n) is 4.61. The zero-order valence-electron chi connectivity index (χ0n) is 21.4. The maximum Gasteiger partial charge on any atom is 0.325 e. The Morgan fingerprint density at radius 3 is 2.44 bits per heavy atom. The van der Waals surface area contributed by atoms with Gasteiger partial charge in [-0.25, -0.2) is 4.79 Å². The first-order valence-corrected chi connectivity index (χ1v) is 14.2. The van der Waals surface area contributed by atoms with Gasteiger partial charge in [-0.3, -0.25) is 19.2 Å². The van der Waals surface area contributed by atoms with E-state index in [-0.39, 0.29) is 24.2 Å². The van der Waals surface area contributed by atoms with Crippen LogP contribution in [-0.4, -0.2) is 55.5 Å². The number of aliphatic carboxylic acids is 1. The first-order valence-electron chi connectivity index (χ1n) is 12.3. The number of urea groups is 1. The van der Waals surface area contributed by atoms with E-state index in [0.29, 0.717) is 54.7 Å². The summed E-state index contributed by atoms with van der Waals surface area (Å²) in [5.74, 6) is 0.824. The third-order valence-corrected chi connectivity index (χ3v) is 8.17. The Labute approximate surface area is 213 Å². The van der Waals surface area contributed by atoms with Crippen LogP contribution in [0.4, 0.5) is 22.0 Å². The highest BCUT2D eigenvalue weighted by atomic mass is 32.3. The summed E-state index contributed by atoms with van der Waals surface area (Å²) in [5.41, 5.74) is 2.21. The molecule has 1 aromatic heterocycles. The van der Waals surface area contributed by atoms with Crippen LogP contribution in [0.3, 0.4) is 0 Å². The van der Waals surface area contributed by atoms with E-state index in [9.17, 15) is 23.8 Å². The molecule has 0 spiro atoms. The van der Waals surface area contributed by atoms with E-state index < -0.39 is 22.6 Å². The molecule has 11 heteroatoms. The van der Waals surface area contributed by atoms with E-state index >= 15 is 0 Å². The van der Waals surface area contributed by atoms with Gasteiger partial charge in [-0.2, -0.15) is 10.6 Å². The van der Waals surface area contributed by atoms with Crippen LogP contribution in [0, 0.1) is 12.8 Å². The van der Waals surface area contributed by atoms with Crippen molar-refractivity contribution in [1.82, 2.24) is 5.16 Å². The fourth-order valence-corrected chi connectivity index (χ4v) is 6.11. The number of carboxylic acids is 1. The number of carbonyl (C=O) groups excluding carboxylic acids is 1. The van der Waals surface area contributed by atoms with Crippen LogP contribution in [0.15, 0.2) is 28.8 Å². The van der Waals surface area contributed by atoms with Gasteiger partial charge in [0.05, 0.1) is 17.8 Å². The average Bonchev–Trinajstić information content (AvgIpc) is 3.20. The number of anilines is 3. The maximum absolute atomic E-state index is 12.9. The minimum absolute atomic E-state index is 0.00408. The minimum atomic E-state index is -2.53. The lowest BCUT2D eigenvalue weighted by Gasteiger charge is -2.44. The molecular formula is C25H38N4O6S. The molecular weight excluding hydrogens is 484 g/mol. The lowest BCUT2D eigenvalue weighted by Crippen LogP contribution is -2.42. The summed E-state index contributed by atoms with van der Waals surface area (Å²) in [5, 5.41) is 18.8. The van der Waals surface area contributed by atoms with Gasteiger partial charge in [0.1, 0.15) is 5.76 Å². The highest BCUT2D eigenvalue weighted by Crippen LogP contribution is 2.46. The number of carboxylic acid groups (broad SMARTS) is 1. The number of hydrogen-bond acceptors (Lipinski definition) is 7. The second kappa shape index (κ2) is 12.0. The molecule has 0 bridgehead atoms. The molecule has 0 aliphatic carbocycles. The molecule has 1 atom stereocenters. The second-order valence-electron chi connectivity index (χ2n) is 9.87. The molecule has 3 rings (SSSR count). The quantitative estimate of drug-likeness (QED) is 0.256. The number of hydrogen-bond donors (Lipinski definition) is 5. The highest BCUT2D eigenvalue weighted by Gasteiger charge is 2.30. The third-order valence-electron chi connectivity index (χ3n) is 6.39. The minimum Gasteiger partial charge on any atom is -0.481 e. The molecule has 1 aliphatic rings. The van der Waals surface area contributed by atoms with Crippen molar-refractivity contribution in [3.05, 3.63) is 35.6 Å². The number of aromatic nitrogens is 1. The summed E-state index contributed by atoms with van der Waals surface area (Å²) in [7, 11) is -2.53. The second-order valence-corrected chi connectivity index (χ2v) is 12.3. The van der Waals surface area contributed by atoms with E-state index in [2.05, 4.69) is 34.5 Å². The van der Waals surface area contributed by atoms with Crippen molar-refractivity contribution in [2.45, 2.75) is 65.3 Å². The first-order chi connectivity index (χ1) is 17.0. The summed E-state index contributed by atoms with van der Waals surface area (Å²) in [4.78, 5) is 26.6. The molecule has 0 saturated carbocycles. The monoisotopic (exact) mass is 522 g/mol. The molecule has 0 radical (unpaired) electrons. The van der Waals surface area contributed by atoms with Crippen molar-refractivity contribution >= 4 is 39.8 Å². The standard InChI is InChI=1S/C25H38N4O6S/c1-5-18(14-24(30)31)19-6-7-22(21(13-19)26-25(32)27-23-12-17(4)35-28-23)29(15-16(2)3)20-8-10-36(33,34)11-9-20/h6-7,12-13,16,18,20,33-34H,5,8-11,14-15H2,1-4H3,(H,30,31)(H2,26,27,28,32). The fraction of sp³-hybridized carbons (Fsp3) is 0.560. The van der Waals surface area contributed by atoms with Gasteiger partial charge in [-0.15, -0.1) is 0 Å². The summed E-state index contributed by atoms with van der Waals surface area (Å²) < 4.78 is 25.3. The summed E-state index contributed by atoms with van der Waals surface area (Å²) >= 11 is 0. The lowest BCUT2D eigenvalue weighted by atomic mass is 9.92. The van der Waals surface area contributed by atoms with Crippen LogP contribution in [-0.2, 0) is 4.79 Å². The van der Waals surface area contributed by atoms with Crippen molar-refractivity contribution < 1.29 is 28.3 Å². The maximum atomic E-state index is 12.9. The van der Waals surface area contributed by atoms with Crippen molar-refractivity contribution in [3.8, 4) is 0 Å². The Morgan fingerprint density at radius 2 is 1.89 bits per heavy atom. The Bertz CT molecular complexity index is 1050. The number of benzene rings is 1. The predicted molar refractivity (Wildman–Crippen MR) is 143 cm³/mol. The molecule has 200 valence electrons. The van der Waals surface area contributed by atoms with Crippen LogP contribution >= 0.6 is 10.6 Å². The number of carbonyl (C=O) groups is 2. The molecule has 2 amide bonds. The Kier molecular flexibility index (Phi) is 9.26. The van der Waals surface area contributed by atoms with Gasteiger partial charge in [-0.05, 0) is 55.7 Å². The van der Waals surface area contributed by atoms with Gasteiger partial charge < -0.3 is 19.8 Å². The summed E-state index contributed by atoms with van der Waals surface area (Å²) in [6.07, 6.45) is 1.91. The molecule has 10 nitrogen and oxygen atoms in total. The van der Waals surface area contributed by atoms with Crippen molar-refractivity contribution in [2.24, 2.45) is 5.92 Å². The number of nitrogens with one attached hydrogen (secondary N) is 2. The molecule has 2 heterocycles. The molecule has 5 N–H and O–H groups in total. The van der Waals surface area contributed by atoms with E-state index in [1.54, 1.807) is 13.0 Å². The molecule has 2 aromatic rings. The van der Waals surface area contributed by atoms with Crippen LogP contribution in [0.2, 0.25) is 0 Å². The van der Waals surface area contributed by atoms with Crippen molar-refractivity contribution in [3.63, 3.8) is 0 Å². The number of amides is 2. The molecule has 1 fully saturated rings. The van der Waals surface area contributed by atoms with Gasteiger partial charge >= 0.3 is 12.0 Å². The third kappa shape index (κ3) is 7.62. The first kappa shape index (κ1) is 27.8. The Hall–Kier alpha value is -2.76. The van der Waals surface area contributed by atoms with Crippen LogP contribution < -0.4 is 15.5 Å². The van der Waals surface area contributed by atoms with Crippen LogP contribution in [0.1, 0.15) is 63.7 Å². The lowest BCUT2D eigenvalue weighted by molar-refractivity contribution is -0.137. The zero-order chi connectivity index (χ0) is 26.5. The zero-order valence-corrected chi connectivity index (χ0v) is 22.2. The molecule has 36 heavy (non-hydrogen) atoms. The van der Waals surface area contributed by atoms with E-state index in [1.807, 2.05) is 25.1 Å². The molecule has 1 unspecified atom stereocenters. The van der Waals surface area contributed by atoms with Gasteiger partial charge in [0.15, 0.2) is 5.82 Å². The SMILES string of the molecule is CCC(CC(=O)O)c1ccc(N(CC(C)C)C2CCS(O)(O)CC2)c(NC(=O)Nc2cc(C)on2)c1. The van der Waals surface area contributed by atoms with Gasteiger partial charge in [0, 0.05) is 30.2 Å². The summed E-state index contributed by atoms with van der Waals surface area (Å²) in [6.45, 7) is 8.62. The Morgan fingerprint density at radius 1 is 1.19 bits per heavy atom. The normalized spacial score (nSPS) is 17.4. The van der Waals surface area contributed by atoms with Crippen molar-refractivity contribution in [2.75, 3.05) is 33.6 Å². The predicted octanol–water partition coefficient (Wildman–Crippen LogP) is 5.97. The van der Waals surface area contributed by atoms with Gasteiger partial charge in [-0.1, -0.05) is 32.0 Å². The van der Waals surface area contributed by atoms with Crippen molar-refractivity contribution in [1.29, 1.82) is 0 Å². The van der Waals surface area contributed by atoms with Crippen LogP contribution in [0.25, 0.3) is 0 Å². The number of rotatable bonds is 10. The van der Waals surface area contributed by atoms with E-state index in [4.69, 9.17) is 4.52 Å². The Balaban J connectivity index is 1.97.